The predicted octanol–water partition coefficient (Wildman–Crippen LogP) is 2.16. The molecule has 0 spiro atoms. The molecular formula is C11H8N2O. The second-order valence-electron chi connectivity index (χ2n) is 3.15. The molecule has 14 heavy (non-hydrogen) atoms. The Morgan fingerprint density at radius 1 is 1.50 bits per heavy atom. The van der Waals surface area contributed by atoms with E-state index in [1.165, 1.54) is 0 Å². The van der Waals surface area contributed by atoms with Gasteiger partial charge in [-0.15, -0.1) is 0 Å². The van der Waals surface area contributed by atoms with Gasteiger partial charge in [0, 0.05) is 22.2 Å². The summed E-state index contributed by atoms with van der Waals surface area (Å²) in [6, 6.07) is 7.31. The highest BCUT2D eigenvalue weighted by atomic mass is 16.1. The minimum absolute atomic E-state index is 0.594. The van der Waals surface area contributed by atoms with Gasteiger partial charge in [0.2, 0.25) is 0 Å². The van der Waals surface area contributed by atoms with E-state index in [1.807, 2.05) is 6.92 Å². The second-order valence-corrected chi connectivity index (χ2v) is 3.15. The number of carbonyl (C=O) groups is 1. The molecule has 0 aliphatic rings. The fourth-order valence-electron chi connectivity index (χ4n) is 1.58. The number of H-pyrrole nitrogens is 1. The maximum atomic E-state index is 10.8. The predicted molar refractivity (Wildman–Crippen MR) is 53.1 cm³/mol. The van der Waals surface area contributed by atoms with Crippen molar-refractivity contribution in [2.24, 2.45) is 0 Å². The maximum absolute atomic E-state index is 10.8. The van der Waals surface area contributed by atoms with Crippen LogP contribution in [0.25, 0.3) is 10.9 Å². The van der Waals surface area contributed by atoms with E-state index < -0.39 is 0 Å². The Morgan fingerprint density at radius 3 is 2.93 bits per heavy atom. The molecule has 2 rings (SSSR count). The number of rotatable bonds is 1. The van der Waals surface area contributed by atoms with Crippen molar-refractivity contribution in [1.29, 1.82) is 5.26 Å². The number of nitriles is 1. The van der Waals surface area contributed by atoms with Crippen LogP contribution in [0.4, 0.5) is 0 Å². The number of hydrogen-bond donors (Lipinski definition) is 1. The van der Waals surface area contributed by atoms with Gasteiger partial charge in [-0.05, 0) is 19.1 Å². The first kappa shape index (κ1) is 8.52. The standard InChI is InChI=1S/C11H8N2O/c1-7-10(6-14)9-3-2-8(5-12)4-11(9)13-7/h2-4,6,13H,1H3. The molecule has 0 unspecified atom stereocenters. The Labute approximate surface area is 81.0 Å². The van der Waals surface area contributed by atoms with Crippen LogP contribution in [0.15, 0.2) is 18.2 Å². The molecule has 0 amide bonds. The summed E-state index contributed by atoms with van der Waals surface area (Å²) in [5.41, 5.74) is 2.94. The SMILES string of the molecule is Cc1[nH]c2cc(C#N)ccc2c1C=O. The first-order chi connectivity index (χ1) is 6.76. The second kappa shape index (κ2) is 3.00. The van der Waals surface area contributed by atoms with Crippen molar-refractivity contribution in [1.82, 2.24) is 4.98 Å². The highest BCUT2D eigenvalue weighted by molar-refractivity contribution is 5.99. The molecule has 68 valence electrons. The van der Waals surface area contributed by atoms with Crippen LogP contribution < -0.4 is 0 Å². The summed E-state index contributed by atoms with van der Waals surface area (Å²) < 4.78 is 0. The lowest BCUT2D eigenvalue weighted by Gasteiger charge is -1.90. The van der Waals surface area contributed by atoms with E-state index >= 15 is 0 Å². The summed E-state index contributed by atoms with van der Waals surface area (Å²) in [6.07, 6.45) is 0.834. The molecular weight excluding hydrogens is 176 g/mol. The molecule has 0 atom stereocenters. The van der Waals surface area contributed by atoms with Crippen molar-refractivity contribution in [2.45, 2.75) is 6.92 Å². The van der Waals surface area contributed by atoms with Gasteiger partial charge in [0.15, 0.2) is 6.29 Å². The number of aromatic nitrogens is 1. The Balaban J connectivity index is 2.82. The number of nitrogens with one attached hydrogen (secondary N) is 1. The van der Waals surface area contributed by atoms with Crippen molar-refractivity contribution in [3.63, 3.8) is 0 Å². The lowest BCUT2D eigenvalue weighted by atomic mass is 10.1. The summed E-state index contributed by atoms with van der Waals surface area (Å²) in [6.45, 7) is 1.84. The molecule has 0 fully saturated rings. The topological polar surface area (TPSA) is 56.6 Å². The van der Waals surface area contributed by atoms with Crippen LogP contribution in [-0.2, 0) is 0 Å². The number of aryl methyl sites for hydroxylation is 1. The van der Waals surface area contributed by atoms with Gasteiger partial charge in [-0.3, -0.25) is 4.79 Å². The highest BCUT2D eigenvalue weighted by Gasteiger charge is 2.07. The van der Waals surface area contributed by atoms with Gasteiger partial charge in [-0.1, -0.05) is 6.07 Å². The third kappa shape index (κ3) is 1.09. The van der Waals surface area contributed by atoms with Crippen LogP contribution in [0.3, 0.4) is 0 Å². The van der Waals surface area contributed by atoms with E-state index in [-0.39, 0.29) is 0 Å². The van der Waals surface area contributed by atoms with Gasteiger partial charge in [0.05, 0.1) is 11.6 Å². The molecule has 0 bridgehead atoms. The van der Waals surface area contributed by atoms with Crippen molar-refractivity contribution in [3.05, 3.63) is 35.0 Å². The lowest BCUT2D eigenvalue weighted by molar-refractivity contribution is 0.112. The molecule has 1 aromatic heterocycles. The molecule has 1 aromatic carbocycles. The zero-order valence-corrected chi connectivity index (χ0v) is 7.66. The Bertz CT molecular complexity index is 546. The first-order valence-electron chi connectivity index (χ1n) is 4.24. The molecule has 3 heteroatoms. The van der Waals surface area contributed by atoms with E-state index in [0.717, 1.165) is 22.9 Å². The fourth-order valence-corrected chi connectivity index (χ4v) is 1.58. The van der Waals surface area contributed by atoms with Gasteiger partial charge in [0.25, 0.3) is 0 Å². The minimum atomic E-state index is 0.594. The smallest absolute Gasteiger partial charge is 0.152 e. The molecule has 3 nitrogen and oxygen atoms in total. The van der Waals surface area contributed by atoms with Crippen LogP contribution in [0, 0.1) is 18.3 Å². The summed E-state index contributed by atoms with van der Waals surface area (Å²) in [4.78, 5) is 13.8. The van der Waals surface area contributed by atoms with Crippen LogP contribution in [0.2, 0.25) is 0 Å². The number of fused-ring (bicyclic) bond motifs is 1. The molecule has 1 N–H and O–H groups in total. The van der Waals surface area contributed by atoms with Crippen molar-refractivity contribution < 1.29 is 4.79 Å². The molecule has 2 aromatic rings. The number of benzene rings is 1. The molecule has 0 aliphatic heterocycles. The average Bonchev–Trinajstić information content (AvgIpc) is 2.51. The Kier molecular flexibility index (Phi) is 1.83. The molecule has 0 radical (unpaired) electrons. The molecule has 0 saturated carbocycles. The van der Waals surface area contributed by atoms with E-state index in [4.69, 9.17) is 5.26 Å². The van der Waals surface area contributed by atoms with Crippen LogP contribution in [0.5, 0.6) is 0 Å². The molecule has 1 heterocycles. The highest BCUT2D eigenvalue weighted by Crippen LogP contribution is 2.21. The third-order valence-electron chi connectivity index (χ3n) is 2.28. The zero-order valence-electron chi connectivity index (χ0n) is 7.66. The molecule has 0 aliphatic carbocycles. The van der Waals surface area contributed by atoms with Gasteiger partial charge in [-0.2, -0.15) is 5.26 Å². The number of carbonyl (C=O) groups excluding carboxylic acids is 1. The largest absolute Gasteiger partial charge is 0.358 e. The number of aldehydes is 1. The van der Waals surface area contributed by atoms with Crippen molar-refractivity contribution >= 4 is 17.2 Å². The van der Waals surface area contributed by atoms with Crippen LogP contribution in [-0.4, -0.2) is 11.3 Å². The number of nitrogens with zero attached hydrogens (tertiary/aromatic N) is 1. The normalized spacial score (nSPS) is 10.0. The van der Waals surface area contributed by atoms with Crippen molar-refractivity contribution in [2.75, 3.05) is 0 Å². The van der Waals surface area contributed by atoms with Crippen LogP contribution >= 0.6 is 0 Å². The quantitative estimate of drug-likeness (QED) is 0.690. The van der Waals surface area contributed by atoms with Crippen molar-refractivity contribution in [3.8, 4) is 6.07 Å². The first-order valence-corrected chi connectivity index (χ1v) is 4.24. The Morgan fingerprint density at radius 2 is 2.29 bits per heavy atom. The summed E-state index contributed by atoms with van der Waals surface area (Å²) in [7, 11) is 0. The van der Waals surface area contributed by atoms with Crippen LogP contribution in [0.1, 0.15) is 21.6 Å². The van der Waals surface area contributed by atoms with Gasteiger partial charge in [0.1, 0.15) is 0 Å². The lowest BCUT2D eigenvalue weighted by Crippen LogP contribution is -1.79. The Hall–Kier alpha value is -2.08. The molecule has 0 saturated heterocycles. The monoisotopic (exact) mass is 184 g/mol. The van der Waals surface area contributed by atoms with E-state index in [2.05, 4.69) is 11.1 Å². The van der Waals surface area contributed by atoms with E-state index in [1.54, 1.807) is 18.2 Å². The van der Waals surface area contributed by atoms with Gasteiger partial charge >= 0.3 is 0 Å². The summed E-state index contributed by atoms with van der Waals surface area (Å²) in [5.74, 6) is 0. The average molecular weight is 184 g/mol. The zero-order chi connectivity index (χ0) is 10.1. The number of aromatic amines is 1. The van der Waals surface area contributed by atoms with Gasteiger partial charge < -0.3 is 4.98 Å². The third-order valence-corrected chi connectivity index (χ3v) is 2.28. The fraction of sp³-hybridized carbons (Fsp3) is 0.0909. The number of hydrogen-bond acceptors (Lipinski definition) is 2. The van der Waals surface area contributed by atoms with E-state index in [0.29, 0.717) is 11.1 Å². The summed E-state index contributed by atoms with van der Waals surface area (Å²) >= 11 is 0. The summed E-state index contributed by atoms with van der Waals surface area (Å²) in [5, 5.41) is 9.57. The maximum Gasteiger partial charge on any atom is 0.152 e. The van der Waals surface area contributed by atoms with E-state index in [9.17, 15) is 4.79 Å². The minimum Gasteiger partial charge on any atom is -0.358 e. The van der Waals surface area contributed by atoms with Gasteiger partial charge in [-0.25, -0.2) is 0 Å².